The van der Waals surface area contributed by atoms with Crippen molar-refractivity contribution in [1.82, 2.24) is 10.2 Å². The fraction of sp³-hybridized carbons (Fsp3) is 0.375. The predicted molar refractivity (Wildman–Crippen MR) is 89.4 cm³/mol. The molecule has 0 aromatic heterocycles. The Bertz CT molecular complexity index is 673. The molecule has 1 aromatic rings. The molecular weight excluding hydrogens is 339 g/mol. The second kappa shape index (κ2) is 7.23. The van der Waals surface area contributed by atoms with Gasteiger partial charge in [0.2, 0.25) is 0 Å². The molecule has 2 amide bonds. The number of esters is 1. The van der Waals surface area contributed by atoms with E-state index in [0.29, 0.717) is 33.4 Å². The highest BCUT2D eigenvalue weighted by atomic mass is 35.5. The van der Waals surface area contributed by atoms with E-state index in [1.807, 2.05) is 6.92 Å². The highest BCUT2D eigenvalue weighted by Crippen LogP contribution is 2.37. The second-order valence-corrected chi connectivity index (χ2v) is 5.95. The molecule has 0 fully saturated rings. The fourth-order valence-corrected chi connectivity index (χ4v) is 3.04. The third kappa shape index (κ3) is 3.31. The number of halogens is 2. The quantitative estimate of drug-likeness (QED) is 0.831. The molecule has 0 spiro atoms. The first kappa shape index (κ1) is 17.6. The van der Waals surface area contributed by atoms with Crippen LogP contribution in [0, 0.1) is 0 Å². The number of carbonyl (C=O) groups is 2. The average Bonchev–Trinajstić information content (AvgIpc) is 2.53. The van der Waals surface area contributed by atoms with E-state index in [2.05, 4.69) is 5.32 Å². The van der Waals surface area contributed by atoms with Gasteiger partial charge in [0.25, 0.3) is 0 Å². The lowest BCUT2D eigenvalue weighted by Crippen LogP contribution is -2.48. The molecule has 0 bridgehead atoms. The number of carbonyl (C=O) groups excluding carboxylic acids is 2. The molecule has 1 aliphatic rings. The van der Waals surface area contributed by atoms with E-state index < -0.39 is 12.0 Å². The number of allylic oxidation sites excluding steroid dienone is 1. The van der Waals surface area contributed by atoms with Gasteiger partial charge in [0.1, 0.15) is 0 Å². The highest BCUT2D eigenvalue weighted by Gasteiger charge is 2.36. The first-order valence-electron chi connectivity index (χ1n) is 7.23. The molecule has 0 aliphatic carbocycles. The minimum atomic E-state index is -0.700. The summed E-state index contributed by atoms with van der Waals surface area (Å²) in [5.74, 6) is -0.510. The zero-order valence-corrected chi connectivity index (χ0v) is 14.7. The number of nitrogens with zero attached hydrogens (tertiary/aromatic N) is 1. The van der Waals surface area contributed by atoms with Crippen LogP contribution in [0.15, 0.2) is 29.5 Å². The maximum absolute atomic E-state index is 12.4. The molecule has 1 aromatic carbocycles. The van der Waals surface area contributed by atoms with Crippen molar-refractivity contribution in [1.29, 1.82) is 0 Å². The molecule has 23 heavy (non-hydrogen) atoms. The van der Waals surface area contributed by atoms with Crippen LogP contribution in [0.1, 0.15) is 31.9 Å². The minimum Gasteiger partial charge on any atom is -0.466 e. The Morgan fingerprint density at radius 2 is 2.09 bits per heavy atom. The number of methoxy groups -OCH3 is 1. The molecule has 1 heterocycles. The van der Waals surface area contributed by atoms with Crippen LogP contribution in [-0.4, -0.2) is 30.6 Å². The van der Waals surface area contributed by atoms with Crippen LogP contribution in [-0.2, 0) is 9.53 Å². The predicted octanol–water partition coefficient (Wildman–Crippen LogP) is 3.92. The van der Waals surface area contributed by atoms with E-state index >= 15 is 0 Å². The van der Waals surface area contributed by atoms with E-state index in [1.165, 1.54) is 12.0 Å². The zero-order valence-electron chi connectivity index (χ0n) is 13.2. The van der Waals surface area contributed by atoms with Gasteiger partial charge < -0.3 is 10.1 Å². The van der Waals surface area contributed by atoms with Crippen LogP contribution in [0.25, 0.3) is 0 Å². The smallest absolute Gasteiger partial charge is 0.337 e. The second-order valence-electron chi connectivity index (χ2n) is 5.17. The van der Waals surface area contributed by atoms with Gasteiger partial charge in [-0.15, -0.1) is 0 Å². The molecular formula is C16H18Cl2N2O3. The van der Waals surface area contributed by atoms with Crippen LogP contribution < -0.4 is 5.32 Å². The van der Waals surface area contributed by atoms with Gasteiger partial charge in [0, 0.05) is 12.2 Å². The molecule has 0 radical (unpaired) electrons. The lowest BCUT2D eigenvalue weighted by molar-refractivity contribution is -0.136. The molecule has 0 saturated heterocycles. The van der Waals surface area contributed by atoms with Crippen molar-refractivity contribution in [2.75, 3.05) is 13.7 Å². The molecule has 2 rings (SSSR count). The summed E-state index contributed by atoms with van der Waals surface area (Å²) in [6, 6.07) is 4.12. The van der Waals surface area contributed by atoms with E-state index in [0.717, 1.165) is 6.42 Å². The van der Waals surface area contributed by atoms with Gasteiger partial charge in [-0.3, -0.25) is 4.90 Å². The Labute approximate surface area is 145 Å². The van der Waals surface area contributed by atoms with E-state index in [1.54, 1.807) is 25.1 Å². The first-order chi connectivity index (χ1) is 10.9. The number of rotatable bonds is 4. The Balaban J connectivity index is 2.60. The van der Waals surface area contributed by atoms with Gasteiger partial charge in [-0.25, -0.2) is 9.59 Å². The van der Waals surface area contributed by atoms with Crippen molar-refractivity contribution in [3.63, 3.8) is 0 Å². The van der Waals surface area contributed by atoms with Crippen LogP contribution in [0.2, 0.25) is 10.0 Å². The number of nitrogens with one attached hydrogen (secondary N) is 1. The van der Waals surface area contributed by atoms with Gasteiger partial charge in [0.15, 0.2) is 0 Å². The molecule has 5 nitrogen and oxygen atoms in total. The van der Waals surface area contributed by atoms with Crippen LogP contribution in [0.5, 0.6) is 0 Å². The fourth-order valence-electron chi connectivity index (χ4n) is 2.63. The van der Waals surface area contributed by atoms with E-state index in [-0.39, 0.29) is 6.03 Å². The molecule has 1 N–H and O–H groups in total. The standard InChI is InChI=1S/C16H18Cl2N2O3/c1-4-8-20-9(2)12(15(21)23-3)14(19-16(20)22)10-6-5-7-11(17)13(10)18/h5-7,14H,4,8H2,1-3H3,(H,19,22). The summed E-state index contributed by atoms with van der Waals surface area (Å²) in [7, 11) is 1.31. The summed E-state index contributed by atoms with van der Waals surface area (Å²) in [4.78, 5) is 26.2. The summed E-state index contributed by atoms with van der Waals surface area (Å²) in [6.07, 6.45) is 0.766. The van der Waals surface area contributed by atoms with E-state index in [4.69, 9.17) is 27.9 Å². The molecule has 1 unspecified atom stereocenters. The maximum Gasteiger partial charge on any atom is 0.337 e. The molecule has 1 aliphatic heterocycles. The molecule has 0 saturated carbocycles. The van der Waals surface area contributed by atoms with Crippen molar-refractivity contribution in [2.24, 2.45) is 0 Å². The van der Waals surface area contributed by atoms with Crippen molar-refractivity contribution in [3.05, 3.63) is 45.1 Å². The Kier molecular flexibility index (Phi) is 5.55. The Morgan fingerprint density at radius 1 is 1.39 bits per heavy atom. The van der Waals surface area contributed by atoms with E-state index in [9.17, 15) is 9.59 Å². The number of urea groups is 1. The summed E-state index contributed by atoms with van der Waals surface area (Å²) >= 11 is 12.3. The monoisotopic (exact) mass is 356 g/mol. The Morgan fingerprint density at radius 3 is 2.70 bits per heavy atom. The van der Waals surface area contributed by atoms with Gasteiger partial charge in [-0.2, -0.15) is 0 Å². The van der Waals surface area contributed by atoms with Crippen LogP contribution in [0.3, 0.4) is 0 Å². The molecule has 1 atom stereocenters. The summed E-state index contributed by atoms with van der Waals surface area (Å²) in [5, 5.41) is 3.48. The van der Waals surface area contributed by atoms with Crippen molar-refractivity contribution in [3.8, 4) is 0 Å². The van der Waals surface area contributed by atoms with Crippen LogP contribution >= 0.6 is 23.2 Å². The maximum atomic E-state index is 12.4. The first-order valence-corrected chi connectivity index (χ1v) is 7.99. The van der Waals surface area contributed by atoms with Gasteiger partial charge in [0.05, 0.1) is 28.8 Å². The molecule has 124 valence electrons. The highest BCUT2D eigenvalue weighted by molar-refractivity contribution is 6.42. The topological polar surface area (TPSA) is 58.6 Å². The minimum absolute atomic E-state index is 0.280. The number of ether oxygens (including phenoxy) is 1. The van der Waals surface area contributed by atoms with Crippen molar-refractivity contribution in [2.45, 2.75) is 26.3 Å². The van der Waals surface area contributed by atoms with Gasteiger partial charge >= 0.3 is 12.0 Å². The molecule has 7 heteroatoms. The third-order valence-electron chi connectivity index (χ3n) is 3.74. The van der Waals surface area contributed by atoms with Crippen molar-refractivity contribution >= 4 is 35.2 Å². The number of hydrogen-bond donors (Lipinski definition) is 1. The van der Waals surface area contributed by atoms with Gasteiger partial charge in [-0.05, 0) is 25.0 Å². The summed E-state index contributed by atoms with van der Waals surface area (Å²) in [5.41, 5.74) is 1.47. The summed E-state index contributed by atoms with van der Waals surface area (Å²) < 4.78 is 4.89. The average molecular weight is 357 g/mol. The van der Waals surface area contributed by atoms with Crippen LogP contribution in [0.4, 0.5) is 4.79 Å². The lowest BCUT2D eigenvalue weighted by Gasteiger charge is -2.35. The number of amides is 2. The lowest BCUT2D eigenvalue weighted by atomic mass is 9.94. The normalized spacial score (nSPS) is 18.0. The van der Waals surface area contributed by atoms with Gasteiger partial charge in [-0.1, -0.05) is 42.3 Å². The zero-order chi connectivity index (χ0) is 17.1. The largest absolute Gasteiger partial charge is 0.466 e. The Hall–Kier alpha value is -1.72. The third-order valence-corrected chi connectivity index (χ3v) is 4.57. The van der Waals surface area contributed by atoms with Crippen molar-refractivity contribution < 1.29 is 14.3 Å². The number of benzene rings is 1. The summed E-state index contributed by atoms with van der Waals surface area (Å²) in [6.45, 7) is 4.19. The SMILES string of the molecule is CCCN1C(=O)NC(c2cccc(Cl)c2Cl)C(C(=O)OC)=C1C. The number of hydrogen-bond acceptors (Lipinski definition) is 3.